The molecule has 0 fully saturated rings. The summed E-state index contributed by atoms with van der Waals surface area (Å²) in [5.74, 6) is -0.243. The van der Waals surface area contributed by atoms with Crippen molar-refractivity contribution in [1.29, 1.82) is 0 Å². The third-order valence-corrected chi connectivity index (χ3v) is 1.21. The Labute approximate surface area is 98.4 Å². The zero-order chi connectivity index (χ0) is 5.91. The van der Waals surface area contributed by atoms with Gasteiger partial charge in [-0.05, 0) is 6.42 Å². The number of hydrogen-bond acceptors (Lipinski definition) is 2. The first kappa shape index (κ1) is 12.4. The second kappa shape index (κ2) is 5.50. The van der Waals surface area contributed by atoms with Crippen LogP contribution >= 0.6 is 0 Å². The molecule has 45 valence electrons. The average Bonchev–Trinajstić information content (AvgIpc) is 1.30. The van der Waals surface area contributed by atoms with Crippen LogP contribution < -0.4 is 0 Å². The summed E-state index contributed by atoms with van der Waals surface area (Å²) in [6.07, 6.45) is 0.221. The Morgan fingerprint density at radius 2 is 1.88 bits per heavy atom. The van der Waals surface area contributed by atoms with E-state index in [0.29, 0.717) is 0 Å². The molecule has 0 heterocycles. The van der Waals surface area contributed by atoms with Crippen LogP contribution in [-0.2, 0) is 10.1 Å². The van der Waals surface area contributed by atoms with E-state index in [9.17, 15) is 8.42 Å². The summed E-state index contributed by atoms with van der Waals surface area (Å²) >= 11 is 0. The van der Waals surface area contributed by atoms with Crippen molar-refractivity contribution in [2.75, 3.05) is 5.75 Å². The van der Waals surface area contributed by atoms with Crippen molar-refractivity contribution in [1.82, 2.24) is 0 Å². The van der Waals surface area contributed by atoms with Crippen LogP contribution in [0.1, 0.15) is 6.42 Å². The Bertz CT molecular complexity index is 127. The first-order chi connectivity index (χ1) is 3.06. The van der Waals surface area contributed by atoms with Gasteiger partial charge in [-0.2, -0.15) is 8.42 Å². The summed E-state index contributed by atoms with van der Waals surface area (Å²) < 4.78 is 27.4. The summed E-state index contributed by atoms with van der Waals surface area (Å²) in [6, 6.07) is 0. The van der Waals surface area contributed by atoms with Crippen molar-refractivity contribution in [3.05, 3.63) is 6.92 Å². The molecule has 0 saturated carbocycles. The maximum atomic E-state index is 9.75. The van der Waals surface area contributed by atoms with Crippen molar-refractivity contribution in [3.8, 4) is 0 Å². The van der Waals surface area contributed by atoms with Gasteiger partial charge in [0.25, 0.3) is 10.1 Å². The molecule has 1 radical (unpaired) electrons. The van der Waals surface area contributed by atoms with Crippen molar-refractivity contribution in [3.63, 3.8) is 0 Å². The van der Waals surface area contributed by atoms with Gasteiger partial charge in [-0.15, -0.1) is 0 Å². The van der Waals surface area contributed by atoms with E-state index in [-0.39, 0.29) is 70.4 Å². The molecular weight excluding hydrogens is 202 g/mol. The van der Waals surface area contributed by atoms with Gasteiger partial charge in [0.1, 0.15) is 0 Å². The van der Waals surface area contributed by atoms with Crippen LogP contribution in [0.3, 0.4) is 0 Å². The topological polar surface area (TPSA) is 54.4 Å². The zero-order valence-corrected chi connectivity index (χ0v) is 4.61. The van der Waals surface area contributed by atoms with Crippen LogP contribution in [0, 0.1) is 6.92 Å². The van der Waals surface area contributed by atoms with Gasteiger partial charge < -0.3 is 0 Å². The fraction of sp³-hybridized carbons (Fsp3) is 0.667. The Kier molecular flexibility index (Phi) is 8.52. The van der Waals surface area contributed by atoms with Gasteiger partial charge in [-0.3, -0.25) is 4.55 Å². The van der Waals surface area contributed by atoms with Crippen molar-refractivity contribution in [2.45, 2.75) is 6.42 Å². The van der Waals surface area contributed by atoms with Crippen LogP contribution in [0.2, 0.25) is 0 Å². The molecule has 0 saturated heterocycles. The Balaban J connectivity index is 0. The summed E-state index contributed by atoms with van der Waals surface area (Å²) in [7, 11) is -3.74. The predicted octanol–water partition coefficient (Wildman–Crippen LogP) is -0.550. The minimum atomic E-state index is -3.74. The Morgan fingerprint density at radius 1 is 1.50 bits per heavy atom. The molecule has 0 rings (SSSR count). The van der Waals surface area contributed by atoms with Crippen molar-refractivity contribution in [2.24, 2.45) is 0 Å². The van der Waals surface area contributed by atoms with E-state index in [1.165, 1.54) is 0 Å². The molecule has 0 spiro atoms. The van der Waals surface area contributed by atoms with Crippen LogP contribution in [0.15, 0.2) is 0 Å². The normalized spacial score (nSPS) is 10.2. The van der Waals surface area contributed by atoms with Gasteiger partial charge in [0.05, 0.1) is 5.75 Å². The SMILES string of the molecule is [CH2]CCS(=O)(=O)O.[RbH]. The summed E-state index contributed by atoms with van der Waals surface area (Å²) in [5.41, 5.74) is 0. The van der Waals surface area contributed by atoms with E-state index in [1.807, 2.05) is 0 Å². The monoisotopic (exact) mass is 209 g/mol. The summed E-state index contributed by atoms with van der Waals surface area (Å²) in [6.45, 7) is 3.23. The predicted molar refractivity (Wildman–Crippen MR) is 33.5 cm³/mol. The quantitative estimate of drug-likeness (QED) is 0.621. The van der Waals surface area contributed by atoms with Gasteiger partial charge in [-0.25, -0.2) is 0 Å². The Morgan fingerprint density at radius 3 is 1.88 bits per heavy atom. The van der Waals surface area contributed by atoms with E-state index in [2.05, 4.69) is 6.92 Å². The number of hydrogen-bond donors (Lipinski definition) is 1. The molecule has 0 aliphatic carbocycles. The van der Waals surface area contributed by atoms with Crippen LogP contribution in [-0.4, -0.2) is 76.9 Å². The standard InChI is InChI=1S/C3H7O3S.Rb.H/c1-2-3-7(4,5)6;;/h1-3H2,(H,4,5,6);;. The van der Waals surface area contributed by atoms with Gasteiger partial charge >= 0.3 is 58.2 Å². The molecule has 1 N–H and O–H groups in total. The molecule has 0 aliphatic rings. The molecule has 0 atom stereocenters. The summed E-state index contributed by atoms with van der Waals surface area (Å²) in [4.78, 5) is 0. The second-order valence-electron chi connectivity index (χ2n) is 1.14. The minimum absolute atomic E-state index is 0. The Hall–Kier alpha value is 1.72. The molecule has 0 unspecified atom stereocenters. The number of rotatable bonds is 2. The van der Waals surface area contributed by atoms with E-state index in [1.54, 1.807) is 0 Å². The molecule has 0 amide bonds. The summed E-state index contributed by atoms with van der Waals surface area (Å²) in [5, 5.41) is 0. The average molecular weight is 210 g/mol. The zero-order valence-electron chi connectivity index (χ0n) is 3.79. The molecule has 8 heavy (non-hydrogen) atoms. The molecular formula is C3H8O3RbS. The van der Waals surface area contributed by atoms with Gasteiger partial charge in [-0.1, -0.05) is 6.92 Å². The molecule has 0 aromatic heterocycles. The van der Waals surface area contributed by atoms with Crippen LogP contribution in [0.25, 0.3) is 0 Å². The molecule has 5 heteroatoms. The van der Waals surface area contributed by atoms with Gasteiger partial charge in [0, 0.05) is 0 Å². The second-order valence-corrected chi connectivity index (χ2v) is 2.71. The van der Waals surface area contributed by atoms with Gasteiger partial charge in [0.15, 0.2) is 0 Å². The third-order valence-electron chi connectivity index (χ3n) is 0.402. The van der Waals surface area contributed by atoms with Crippen LogP contribution in [0.5, 0.6) is 0 Å². The molecule has 0 aromatic carbocycles. The van der Waals surface area contributed by atoms with E-state index >= 15 is 0 Å². The van der Waals surface area contributed by atoms with Gasteiger partial charge in [0.2, 0.25) is 0 Å². The van der Waals surface area contributed by atoms with E-state index < -0.39 is 10.1 Å². The molecule has 0 bridgehead atoms. The third kappa shape index (κ3) is 10.7. The van der Waals surface area contributed by atoms with Crippen LogP contribution in [0.4, 0.5) is 0 Å². The first-order valence-corrected chi connectivity index (χ1v) is 3.41. The van der Waals surface area contributed by atoms with E-state index in [0.717, 1.165) is 0 Å². The van der Waals surface area contributed by atoms with E-state index in [4.69, 9.17) is 4.55 Å². The first-order valence-electron chi connectivity index (χ1n) is 1.80. The molecule has 0 aromatic rings. The fourth-order valence-corrected chi connectivity index (χ4v) is 0.547. The molecule has 0 aliphatic heterocycles. The maximum absolute atomic E-state index is 9.75. The fourth-order valence-electron chi connectivity index (χ4n) is 0.182. The van der Waals surface area contributed by atoms with Crippen molar-refractivity contribution < 1.29 is 13.0 Å². The van der Waals surface area contributed by atoms with Crippen molar-refractivity contribution >= 4 is 68.3 Å². The molecule has 3 nitrogen and oxygen atoms in total.